The lowest BCUT2D eigenvalue weighted by Gasteiger charge is -2.21. The van der Waals surface area contributed by atoms with Gasteiger partial charge in [-0.3, -0.25) is 9.78 Å². The normalized spacial score (nSPS) is 13.6. The van der Waals surface area contributed by atoms with E-state index in [1.165, 1.54) is 27.6 Å². The molecule has 0 N–H and O–H groups in total. The van der Waals surface area contributed by atoms with Gasteiger partial charge in [0.1, 0.15) is 11.2 Å². The highest BCUT2D eigenvalue weighted by atomic mass is 16.3. The molecule has 0 aliphatic heterocycles. The first kappa shape index (κ1) is 24.2. The average Bonchev–Trinajstić information content (AvgIpc) is 3.50. The summed E-state index contributed by atoms with van der Waals surface area (Å²) in [6.07, 6.45) is 3.87. The van der Waals surface area contributed by atoms with Gasteiger partial charge in [-0.15, -0.1) is 0 Å². The summed E-state index contributed by atoms with van der Waals surface area (Å²) in [6.45, 7) is 4.64. The lowest BCUT2D eigenvalue weighted by molar-refractivity contribution is 0.660. The Labute approximate surface area is 247 Å². The van der Waals surface area contributed by atoms with Crippen LogP contribution in [-0.4, -0.2) is 9.55 Å². The van der Waals surface area contributed by atoms with E-state index in [4.69, 9.17) is 4.42 Å². The van der Waals surface area contributed by atoms with Crippen LogP contribution in [0.5, 0.6) is 0 Å². The van der Waals surface area contributed by atoms with E-state index in [9.17, 15) is 4.79 Å². The van der Waals surface area contributed by atoms with Crippen LogP contribution in [0.25, 0.3) is 71.7 Å². The summed E-state index contributed by atoms with van der Waals surface area (Å²) >= 11 is 0. The van der Waals surface area contributed by atoms with Gasteiger partial charge in [0.05, 0.1) is 21.8 Å². The lowest BCUT2D eigenvalue weighted by Crippen LogP contribution is -2.14. The molecule has 8 aromatic rings. The van der Waals surface area contributed by atoms with Crippen molar-refractivity contribution in [3.63, 3.8) is 0 Å². The maximum absolute atomic E-state index is 13.1. The Morgan fingerprint density at radius 1 is 0.674 bits per heavy atom. The van der Waals surface area contributed by atoms with Gasteiger partial charge in [-0.2, -0.15) is 0 Å². The number of hydrogen-bond acceptors (Lipinski definition) is 3. The molecule has 0 radical (unpaired) electrons. The van der Waals surface area contributed by atoms with Gasteiger partial charge in [0.25, 0.3) is 0 Å². The topological polar surface area (TPSA) is 48.0 Å². The van der Waals surface area contributed by atoms with Crippen LogP contribution in [0.3, 0.4) is 0 Å². The molecule has 4 nitrogen and oxygen atoms in total. The van der Waals surface area contributed by atoms with Crippen LogP contribution in [0.4, 0.5) is 0 Å². The van der Waals surface area contributed by atoms with Crippen LogP contribution in [0.15, 0.2) is 131 Å². The highest BCUT2D eigenvalue weighted by Crippen LogP contribution is 2.53. The van der Waals surface area contributed by atoms with Crippen LogP contribution in [0.2, 0.25) is 0 Å². The fourth-order valence-corrected chi connectivity index (χ4v) is 7.23. The van der Waals surface area contributed by atoms with Crippen molar-refractivity contribution in [3.05, 3.63) is 143 Å². The molecule has 1 aliphatic rings. The molecule has 0 unspecified atom stereocenters. The van der Waals surface area contributed by atoms with Gasteiger partial charge in [-0.25, -0.2) is 0 Å². The van der Waals surface area contributed by atoms with E-state index in [1.807, 2.05) is 54.9 Å². The molecule has 3 aromatic heterocycles. The summed E-state index contributed by atoms with van der Waals surface area (Å²) in [4.78, 5) is 17.7. The second-order valence-electron chi connectivity index (χ2n) is 12.0. The minimum Gasteiger partial charge on any atom is -0.456 e. The van der Waals surface area contributed by atoms with Gasteiger partial charge in [0.15, 0.2) is 0 Å². The lowest BCUT2D eigenvalue weighted by atomic mass is 9.82. The predicted molar refractivity (Wildman–Crippen MR) is 175 cm³/mol. The van der Waals surface area contributed by atoms with Gasteiger partial charge >= 0.3 is 0 Å². The second-order valence-corrected chi connectivity index (χ2v) is 12.0. The van der Waals surface area contributed by atoms with Crippen molar-refractivity contribution in [3.8, 4) is 27.9 Å². The Bertz CT molecular complexity index is 2510. The van der Waals surface area contributed by atoms with Crippen LogP contribution >= 0.6 is 0 Å². The molecular weight excluding hydrogens is 528 g/mol. The Morgan fingerprint density at radius 3 is 2.42 bits per heavy atom. The molecule has 0 atom stereocenters. The number of rotatable bonds is 2. The molecule has 4 heteroatoms. The van der Waals surface area contributed by atoms with Crippen molar-refractivity contribution in [2.24, 2.45) is 0 Å². The second kappa shape index (κ2) is 8.52. The van der Waals surface area contributed by atoms with E-state index in [2.05, 4.69) is 90.1 Å². The molecule has 204 valence electrons. The van der Waals surface area contributed by atoms with E-state index < -0.39 is 0 Å². The van der Waals surface area contributed by atoms with E-state index >= 15 is 0 Å². The summed E-state index contributed by atoms with van der Waals surface area (Å²) < 4.78 is 8.53. The summed E-state index contributed by atoms with van der Waals surface area (Å²) in [5.74, 6) is 0. The van der Waals surface area contributed by atoms with Crippen LogP contribution in [0.1, 0.15) is 25.0 Å². The smallest absolute Gasteiger partial charge is 0.200 e. The maximum atomic E-state index is 13.1. The Hall–Kier alpha value is -5.48. The Balaban J connectivity index is 1.28. The van der Waals surface area contributed by atoms with E-state index in [0.29, 0.717) is 21.9 Å². The van der Waals surface area contributed by atoms with Crippen LogP contribution in [-0.2, 0) is 5.41 Å². The van der Waals surface area contributed by atoms with Gasteiger partial charge in [0, 0.05) is 34.3 Å². The highest BCUT2D eigenvalue weighted by molar-refractivity contribution is 6.17. The van der Waals surface area contributed by atoms with E-state index in [0.717, 1.165) is 33.2 Å². The monoisotopic (exact) mass is 554 g/mol. The van der Waals surface area contributed by atoms with Crippen molar-refractivity contribution < 1.29 is 4.42 Å². The molecule has 0 amide bonds. The van der Waals surface area contributed by atoms with Gasteiger partial charge in [-0.05, 0) is 81.9 Å². The average molecular weight is 555 g/mol. The maximum Gasteiger partial charge on any atom is 0.200 e. The third-order valence-electron chi connectivity index (χ3n) is 9.29. The first-order valence-electron chi connectivity index (χ1n) is 14.6. The van der Waals surface area contributed by atoms with Crippen LogP contribution in [0, 0.1) is 0 Å². The zero-order valence-electron chi connectivity index (χ0n) is 23.8. The molecule has 5 aromatic carbocycles. The largest absolute Gasteiger partial charge is 0.456 e. The van der Waals surface area contributed by atoms with Crippen molar-refractivity contribution in [2.75, 3.05) is 0 Å². The number of aromatic nitrogens is 2. The first-order chi connectivity index (χ1) is 21.0. The molecule has 0 spiro atoms. The third kappa shape index (κ3) is 3.26. The summed E-state index contributed by atoms with van der Waals surface area (Å²) in [5.41, 5.74) is 11.8. The van der Waals surface area contributed by atoms with Gasteiger partial charge < -0.3 is 8.98 Å². The number of para-hydroxylation sites is 1. The fraction of sp³-hybridized carbons (Fsp3) is 0.0769. The minimum atomic E-state index is -0.0763. The number of nitrogens with zero attached hydrogens (tertiary/aromatic N) is 2. The van der Waals surface area contributed by atoms with Crippen molar-refractivity contribution in [2.45, 2.75) is 19.3 Å². The molecule has 0 saturated carbocycles. The SMILES string of the molecule is CC1(C)c2ccccc2-c2c1ccc1c2c2cnccc2n1-c1cccc(-c2ccc3c(=O)c4ccccc4oc3c2)c1. The Morgan fingerprint density at radius 2 is 1.49 bits per heavy atom. The molecule has 0 bridgehead atoms. The number of fused-ring (bicyclic) bond motifs is 9. The van der Waals surface area contributed by atoms with Crippen molar-refractivity contribution in [1.82, 2.24) is 9.55 Å². The molecule has 43 heavy (non-hydrogen) atoms. The highest BCUT2D eigenvalue weighted by Gasteiger charge is 2.37. The number of pyridine rings is 1. The predicted octanol–water partition coefficient (Wildman–Crippen LogP) is 9.41. The van der Waals surface area contributed by atoms with E-state index in [-0.39, 0.29) is 10.8 Å². The standard InChI is InChI=1S/C39H26N2O2/c1-39(2)30-12-5-3-10-26(30)36-31(39)16-17-33-37(36)29-22-40-19-18-32(29)41(33)25-9-7-8-23(20-25)24-14-15-28-35(21-24)43-34-13-6-4-11-27(34)38(28)42/h3-22H,1-2H3. The minimum absolute atomic E-state index is 0.00618. The van der Waals surface area contributed by atoms with Gasteiger partial charge in [0.2, 0.25) is 5.43 Å². The summed E-state index contributed by atoms with van der Waals surface area (Å²) in [7, 11) is 0. The van der Waals surface area contributed by atoms with Crippen molar-refractivity contribution >= 4 is 43.7 Å². The van der Waals surface area contributed by atoms with Gasteiger partial charge in [-0.1, -0.05) is 74.5 Å². The molecule has 1 aliphatic carbocycles. The summed E-state index contributed by atoms with van der Waals surface area (Å²) in [5, 5.41) is 3.57. The molecule has 0 fully saturated rings. The van der Waals surface area contributed by atoms with E-state index in [1.54, 1.807) is 0 Å². The Kier molecular flexibility index (Phi) is 4.79. The third-order valence-corrected chi connectivity index (χ3v) is 9.29. The quantitative estimate of drug-likeness (QED) is 0.200. The molecule has 9 rings (SSSR count). The molecule has 0 saturated heterocycles. The fourth-order valence-electron chi connectivity index (χ4n) is 7.23. The molecule has 3 heterocycles. The van der Waals surface area contributed by atoms with Crippen LogP contribution < -0.4 is 5.43 Å². The molecular formula is C39H26N2O2. The zero-order chi connectivity index (χ0) is 28.9. The number of hydrogen-bond donors (Lipinski definition) is 0. The van der Waals surface area contributed by atoms with Crippen molar-refractivity contribution in [1.29, 1.82) is 0 Å². The number of benzene rings is 5. The first-order valence-corrected chi connectivity index (χ1v) is 14.6. The zero-order valence-corrected chi connectivity index (χ0v) is 23.8. The summed E-state index contributed by atoms with van der Waals surface area (Å²) in [6, 6.07) is 37.3.